The second kappa shape index (κ2) is 10.0. The number of amides is 1. The van der Waals surface area contributed by atoms with Gasteiger partial charge in [0.05, 0.1) is 39.7 Å². The molecule has 2 N–H and O–H groups in total. The first-order valence-corrected chi connectivity index (χ1v) is 11.5. The van der Waals surface area contributed by atoms with Crippen molar-refractivity contribution < 1.29 is 23.7 Å². The summed E-state index contributed by atoms with van der Waals surface area (Å²) in [6, 6.07) is 11.1. The molecule has 1 amide bonds. The van der Waals surface area contributed by atoms with Crippen molar-refractivity contribution in [3.63, 3.8) is 0 Å². The molecular formula is C25H28N2O5S. The summed E-state index contributed by atoms with van der Waals surface area (Å²) in [6.07, 6.45) is 2.97. The lowest BCUT2D eigenvalue weighted by Crippen LogP contribution is -2.15. The van der Waals surface area contributed by atoms with Gasteiger partial charge < -0.3 is 29.6 Å². The molecule has 0 aliphatic heterocycles. The molecule has 3 aromatic rings. The van der Waals surface area contributed by atoms with E-state index in [-0.39, 0.29) is 5.91 Å². The summed E-state index contributed by atoms with van der Waals surface area (Å²) in [5.41, 5.74) is 3.39. The van der Waals surface area contributed by atoms with Gasteiger partial charge >= 0.3 is 0 Å². The van der Waals surface area contributed by atoms with Gasteiger partial charge in [0.25, 0.3) is 5.91 Å². The topological polar surface area (TPSA) is 78.0 Å². The molecule has 4 rings (SSSR count). The Kier molecular flexibility index (Phi) is 6.93. The molecule has 0 spiro atoms. The summed E-state index contributed by atoms with van der Waals surface area (Å²) in [5.74, 6) is 2.40. The summed E-state index contributed by atoms with van der Waals surface area (Å²) in [7, 11) is 6.41. The van der Waals surface area contributed by atoms with Crippen molar-refractivity contribution in [1.82, 2.24) is 0 Å². The van der Waals surface area contributed by atoms with Crippen LogP contribution in [0.15, 0.2) is 36.4 Å². The Bertz CT molecular complexity index is 1160. The average molecular weight is 469 g/mol. The van der Waals surface area contributed by atoms with Crippen molar-refractivity contribution in [3.8, 4) is 23.0 Å². The molecule has 0 bridgehead atoms. The van der Waals surface area contributed by atoms with Gasteiger partial charge in [0.2, 0.25) is 0 Å². The number of hydrogen-bond donors (Lipinski definition) is 2. The highest BCUT2D eigenvalue weighted by Gasteiger charge is 2.27. The number of carbonyl (C=O) groups is 1. The number of benzene rings is 2. The molecule has 0 saturated carbocycles. The molecule has 8 heteroatoms. The first-order chi connectivity index (χ1) is 16.1. The molecule has 1 aliphatic carbocycles. The lowest BCUT2D eigenvalue weighted by Gasteiger charge is -2.16. The van der Waals surface area contributed by atoms with Crippen LogP contribution in [0, 0.1) is 0 Å². The minimum absolute atomic E-state index is 0.138. The fourth-order valence-electron chi connectivity index (χ4n) is 4.11. The Morgan fingerprint density at radius 1 is 0.909 bits per heavy atom. The number of rotatable bonds is 9. The monoisotopic (exact) mass is 468 g/mol. The number of aryl methyl sites for hydroxylation is 1. The molecule has 0 saturated heterocycles. The van der Waals surface area contributed by atoms with Crippen LogP contribution < -0.4 is 29.6 Å². The maximum Gasteiger partial charge on any atom is 0.259 e. The zero-order valence-corrected chi connectivity index (χ0v) is 20.1. The second-order valence-electron chi connectivity index (χ2n) is 7.59. The Morgan fingerprint density at radius 2 is 1.61 bits per heavy atom. The molecule has 1 aromatic heterocycles. The van der Waals surface area contributed by atoms with Gasteiger partial charge in [0, 0.05) is 23.1 Å². The third-order valence-electron chi connectivity index (χ3n) is 5.73. The summed E-state index contributed by atoms with van der Waals surface area (Å²) < 4.78 is 21.8. The van der Waals surface area contributed by atoms with Gasteiger partial charge in [0.15, 0.2) is 11.5 Å². The Hall–Kier alpha value is -3.39. The first-order valence-electron chi connectivity index (χ1n) is 10.7. The third kappa shape index (κ3) is 4.57. The van der Waals surface area contributed by atoms with Crippen molar-refractivity contribution in [1.29, 1.82) is 0 Å². The third-order valence-corrected chi connectivity index (χ3v) is 6.98. The number of carbonyl (C=O) groups excluding carboxylic acids is 1. The predicted molar refractivity (Wildman–Crippen MR) is 131 cm³/mol. The lowest BCUT2D eigenvalue weighted by atomic mass is 10.1. The molecule has 2 aromatic carbocycles. The average Bonchev–Trinajstić information content (AvgIpc) is 3.43. The van der Waals surface area contributed by atoms with Crippen molar-refractivity contribution in [2.75, 3.05) is 39.1 Å². The van der Waals surface area contributed by atoms with Crippen molar-refractivity contribution >= 4 is 27.9 Å². The number of hydrogen-bond acceptors (Lipinski definition) is 7. The lowest BCUT2D eigenvalue weighted by molar-refractivity contribution is 0.102. The highest BCUT2D eigenvalue weighted by molar-refractivity contribution is 7.16. The van der Waals surface area contributed by atoms with E-state index in [1.54, 1.807) is 45.8 Å². The highest BCUT2D eigenvalue weighted by atomic mass is 32.1. The Morgan fingerprint density at radius 3 is 2.33 bits per heavy atom. The van der Waals surface area contributed by atoms with Crippen molar-refractivity contribution in [2.24, 2.45) is 0 Å². The maximum atomic E-state index is 13.4. The van der Waals surface area contributed by atoms with E-state index in [0.717, 1.165) is 35.4 Å². The number of fused-ring (bicyclic) bond motifs is 1. The minimum atomic E-state index is -0.138. The van der Waals surface area contributed by atoms with Crippen LogP contribution in [0.4, 0.5) is 10.7 Å². The molecule has 33 heavy (non-hydrogen) atoms. The standard InChI is InChI=1S/C25H28N2O5S/c1-29-18-10-6-5-9-17(18)27-24(28)23-16-8-7-11-22(16)33-25(23)26-14-15-12-20(31-3)21(32-4)13-19(15)30-2/h5-6,9-10,12-13,26H,7-8,11,14H2,1-4H3,(H,27,28). The van der Waals surface area contributed by atoms with E-state index < -0.39 is 0 Å². The number of methoxy groups -OCH3 is 4. The van der Waals surface area contributed by atoms with Crippen LogP contribution in [0.25, 0.3) is 0 Å². The van der Waals surface area contributed by atoms with Gasteiger partial charge in [-0.2, -0.15) is 0 Å². The molecule has 0 radical (unpaired) electrons. The molecule has 0 atom stereocenters. The van der Waals surface area contributed by atoms with E-state index in [0.29, 0.717) is 40.8 Å². The largest absolute Gasteiger partial charge is 0.496 e. The molecule has 0 fully saturated rings. The second-order valence-corrected chi connectivity index (χ2v) is 8.69. The number of thiophene rings is 1. The van der Waals surface area contributed by atoms with Crippen LogP contribution in [-0.4, -0.2) is 34.3 Å². The molecule has 1 heterocycles. The zero-order chi connectivity index (χ0) is 23.4. The van der Waals surface area contributed by atoms with E-state index in [1.165, 1.54) is 4.88 Å². The molecule has 1 aliphatic rings. The number of ether oxygens (including phenoxy) is 4. The summed E-state index contributed by atoms with van der Waals surface area (Å²) in [6.45, 7) is 0.470. The van der Waals surface area contributed by atoms with Gasteiger partial charge in [-0.3, -0.25) is 4.79 Å². The maximum absolute atomic E-state index is 13.4. The van der Waals surface area contributed by atoms with Gasteiger partial charge in [0.1, 0.15) is 16.5 Å². The number of anilines is 2. The van der Waals surface area contributed by atoms with Crippen LogP contribution in [0.5, 0.6) is 23.0 Å². The van der Waals surface area contributed by atoms with Gasteiger partial charge in [-0.05, 0) is 43.0 Å². The van der Waals surface area contributed by atoms with Crippen LogP contribution in [-0.2, 0) is 19.4 Å². The minimum Gasteiger partial charge on any atom is -0.496 e. The van der Waals surface area contributed by atoms with Crippen molar-refractivity contribution in [3.05, 3.63) is 58.0 Å². The van der Waals surface area contributed by atoms with E-state index in [2.05, 4.69) is 10.6 Å². The molecule has 174 valence electrons. The predicted octanol–water partition coefficient (Wildman–Crippen LogP) is 5.14. The normalized spacial score (nSPS) is 12.1. The van der Waals surface area contributed by atoms with E-state index >= 15 is 0 Å². The molecular weight excluding hydrogens is 440 g/mol. The van der Waals surface area contributed by atoms with E-state index in [1.807, 2.05) is 30.3 Å². The van der Waals surface area contributed by atoms with Gasteiger partial charge in [-0.25, -0.2) is 0 Å². The molecule has 0 unspecified atom stereocenters. The van der Waals surface area contributed by atoms with E-state index in [9.17, 15) is 4.79 Å². The number of para-hydroxylation sites is 2. The van der Waals surface area contributed by atoms with E-state index in [4.69, 9.17) is 18.9 Å². The molecule has 7 nitrogen and oxygen atoms in total. The summed E-state index contributed by atoms with van der Waals surface area (Å²) >= 11 is 1.65. The number of nitrogens with one attached hydrogen (secondary N) is 2. The summed E-state index contributed by atoms with van der Waals surface area (Å²) in [5, 5.41) is 7.35. The summed E-state index contributed by atoms with van der Waals surface area (Å²) in [4.78, 5) is 14.6. The highest BCUT2D eigenvalue weighted by Crippen LogP contribution is 2.41. The zero-order valence-electron chi connectivity index (χ0n) is 19.2. The van der Waals surface area contributed by atoms with Gasteiger partial charge in [-0.1, -0.05) is 12.1 Å². The fourth-order valence-corrected chi connectivity index (χ4v) is 5.39. The SMILES string of the molecule is COc1cc(OC)c(OC)cc1CNc1sc2c(c1C(=O)Nc1ccccc1OC)CCC2. The first kappa shape index (κ1) is 22.8. The van der Waals surface area contributed by atoms with Crippen LogP contribution >= 0.6 is 11.3 Å². The Labute approximate surface area is 197 Å². The van der Waals surface area contributed by atoms with Crippen LogP contribution in [0.3, 0.4) is 0 Å². The smallest absolute Gasteiger partial charge is 0.259 e. The van der Waals surface area contributed by atoms with Gasteiger partial charge in [-0.15, -0.1) is 11.3 Å². The van der Waals surface area contributed by atoms with Crippen molar-refractivity contribution in [2.45, 2.75) is 25.8 Å². The Balaban J connectivity index is 1.62. The van der Waals surface area contributed by atoms with Crippen LogP contribution in [0.2, 0.25) is 0 Å². The quantitative estimate of drug-likeness (QED) is 0.453. The van der Waals surface area contributed by atoms with Crippen LogP contribution in [0.1, 0.15) is 32.8 Å². The fraction of sp³-hybridized carbons (Fsp3) is 0.320.